The SMILES string of the molecule is CCOC(=O)[C@@H](C)n1cc([N+](=O)[O-])cn1. The van der Waals surface area contributed by atoms with Gasteiger partial charge in [0, 0.05) is 0 Å². The molecule has 0 N–H and O–H groups in total. The molecular formula is C8H11N3O4. The first kappa shape index (κ1) is 11.2. The van der Waals surface area contributed by atoms with Gasteiger partial charge in [-0.2, -0.15) is 5.10 Å². The second-order valence-corrected chi connectivity index (χ2v) is 2.86. The Bertz CT molecular complexity index is 374. The van der Waals surface area contributed by atoms with Crippen LogP contribution in [0.5, 0.6) is 0 Å². The molecule has 7 nitrogen and oxygen atoms in total. The van der Waals surface area contributed by atoms with Crippen molar-refractivity contribution in [3.63, 3.8) is 0 Å². The van der Waals surface area contributed by atoms with E-state index in [1.807, 2.05) is 0 Å². The van der Waals surface area contributed by atoms with Crippen LogP contribution in [0.3, 0.4) is 0 Å². The summed E-state index contributed by atoms with van der Waals surface area (Å²) in [6, 6.07) is -0.654. The van der Waals surface area contributed by atoms with E-state index in [1.54, 1.807) is 13.8 Å². The van der Waals surface area contributed by atoms with Crippen molar-refractivity contribution >= 4 is 11.7 Å². The van der Waals surface area contributed by atoms with Crippen LogP contribution in [0.15, 0.2) is 12.4 Å². The van der Waals surface area contributed by atoms with E-state index in [9.17, 15) is 14.9 Å². The Morgan fingerprint density at radius 2 is 2.47 bits per heavy atom. The molecule has 0 spiro atoms. The van der Waals surface area contributed by atoms with E-state index in [0.29, 0.717) is 0 Å². The number of ether oxygens (including phenoxy) is 1. The molecule has 0 aliphatic heterocycles. The van der Waals surface area contributed by atoms with Gasteiger partial charge in [-0.05, 0) is 13.8 Å². The molecule has 7 heteroatoms. The Morgan fingerprint density at radius 1 is 1.80 bits per heavy atom. The third-order valence-corrected chi connectivity index (χ3v) is 1.82. The summed E-state index contributed by atoms with van der Waals surface area (Å²) in [4.78, 5) is 21.1. The van der Waals surface area contributed by atoms with Crippen molar-refractivity contribution in [3.8, 4) is 0 Å². The summed E-state index contributed by atoms with van der Waals surface area (Å²) < 4.78 is 5.96. The highest BCUT2D eigenvalue weighted by molar-refractivity contribution is 5.73. The van der Waals surface area contributed by atoms with Crippen molar-refractivity contribution in [2.75, 3.05) is 6.61 Å². The number of carbonyl (C=O) groups is 1. The van der Waals surface area contributed by atoms with Crippen molar-refractivity contribution < 1.29 is 14.5 Å². The normalized spacial score (nSPS) is 12.1. The lowest BCUT2D eigenvalue weighted by Crippen LogP contribution is -2.19. The van der Waals surface area contributed by atoms with Crippen molar-refractivity contribution in [2.45, 2.75) is 19.9 Å². The van der Waals surface area contributed by atoms with E-state index in [2.05, 4.69) is 5.10 Å². The molecule has 82 valence electrons. The van der Waals surface area contributed by atoms with Crippen LogP contribution in [0.2, 0.25) is 0 Å². The van der Waals surface area contributed by atoms with E-state index in [0.717, 1.165) is 6.20 Å². The average molecular weight is 213 g/mol. The van der Waals surface area contributed by atoms with Crippen molar-refractivity contribution in [2.24, 2.45) is 0 Å². The maximum atomic E-state index is 11.3. The Hall–Kier alpha value is -1.92. The Labute approximate surface area is 85.8 Å². The monoisotopic (exact) mass is 213 g/mol. The summed E-state index contributed by atoms with van der Waals surface area (Å²) in [6.45, 7) is 3.53. The zero-order valence-electron chi connectivity index (χ0n) is 8.41. The fraction of sp³-hybridized carbons (Fsp3) is 0.500. The summed E-state index contributed by atoms with van der Waals surface area (Å²) in [5.74, 6) is -0.463. The third kappa shape index (κ3) is 2.52. The molecular weight excluding hydrogens is 202 g/mol. The smallest absolute Gasteiger partial charge is 0.330 e. The maximum Gasteiger partial charge on any atom is 0.330 e. The minimum atomic E-state index is -0.654. The minimum Gasteiger partial charge on any atom is -0.464 e. The first-order chi connectivity index (χ1) is 7.06. The highest BCUT2D eigenvalue weighted by Gasteiger charge is 2.19. The molecule has 0 unspecified atom stereocenters. The zero-order chi connectivity index (χ0) is 11.4. The molecule has 0 bridgehead atoms. The molecule has 1 aromatic heterocycles. The molecule has 1 atom stereocenters. The van der Waals surface area contributed by atoms with Crippen LogP contribution in [0, 0.1) is 10.1 Å². The average Bonchev–Trinajstić information content (AvgIpc) is 2.65. The zero-order valence-corrected chi connectivity index (χ0v) is 8.41. The van der Waals surface area contributed by atoms with Gasteiger partial charge in [0.2, 0.25) is 0 Å². The van der Waals surface area contributed by atoms with Gasteiger partial charge in [0.15, 0.2) is 0 Å². The Kier molecular flexibility index (Phi) is 3.37. The number of carbonyl (C=O) groups excluding carboxylic acids is 1. The van der Waals surface area contributed by atoms with Crippen LogP contribution in [-0.4, -0.2) is 27.3 Å². The largest absolute Gasteiger partial charge is 0.464 e. The topological polar surface area (TPSA) is 87.3 Å². The summed E-state index contributed by atoms with van der Waals surface area (Å²) in [7, 11) is 0. The lowest BCUT2D eigenvalue weighted by Gasteiger charge is -2.09. The number of rotatable bonds is 4. The van der Waals surface area contributed by atoms with Gasteiger partial charge in [0.05, 0.1) is 11.5 Å². The second-order valence-electron chi connectivity index (χ2n) is 2.86. The molecule has 0 aromatic carbocycles. The van der Waals surface area contributed by atoms with E-state index in [1.165, 1.54) is 10.9 Å². The number of nitrogens with zero attached hydrogens (tertiary/aromatic N) is 3. The summed E-state index contributed by atoms with van der Waals surface area (Å²) in [6.07, 6.45) is 2.29. The van der Waals surface area contributed by atoms with Gasteiger partial charge >= 0.3 is 11.7 Å². The fourth-order valence-corrected chi connectivity index (χ4v) is 1.00. The number of hydrogen-bond acceptors (Lipinski definition) is 5. The van der Waals surface area contributed by atoms with Gasteiger partial charge in [-0.3, -0.25) is 14.8 Å². The number of esters is 1. The number of hydrogen-bond donors (Lipinski definition) is 0. The lowest BCUT2D eigenvalue weighted by atomic mass is 10.3. The molecule has 1 heterocycles. The molecule has 0 aliphatic rings. The molecule has 0 amide bonds. The highest BCUT2D eigenvalue weighted by atomic mass is 16.6. The summed E-state index contributed by atoms with van der Waals surface area (Å²) in [5.41, 5.74) is -0.147. The minimum absolute atomic E-state index is 0.147. The number of aromatic nitrogens is 2. The van der Waals surface area contributed by atoms with Crippen LogP contribution in [0.25, 0.3) is 0 Å². The van der Waals surface area contributed by atoms with Crippen LogP contribution in [-0.2, 0) is 9.53 Å². The Balaban J connectivity index is 2.78. The molecule has 0 aliphatic carbocycles. The lowest BCUT2D eigenvalue weighted by molar-refractivity contribution is -0.385. The fourth-order valence-electron chi connectivity index (χ4n) is 1.00. The molecule has 1 aromatic rings. The van der Waals surface area contributed by atoms with Gasteiger partial charge in [0.25, 0.3) is 0 Å². The van der Waals surface area contributed by atoms with Gasteiger partial charge in [-0.1, -0.05) is 0 Å². The predicted octanol–water partition coefficient (Wildman–Crippen LogP) is 0.915. The van der Waals surface area contributed by atoms with E-state index >= 15 is 0 Å². The van der Waals surface area contributed by atoms with Gasteiger partial charge in [0.1, 0.15) is 18.4 Å². The van der Waals surface area contributed by atoms with Gasteiger partial charge in [-0.25, -0.2) is 4.79 Å². The third-order valence-electron chi connectivity index (χ3n) is 1.82. The van der Waals surface area contributed by atoms with Crippen LogP contribution >= 0.6 is 0 Å². The van der Waals surface area contributed by atoms with E-state index < -0.39 is 16.9 Å². The van der Waals surface area contributed by atoms with Gasteiger partial charge in [-0.15, -0.1) is 0 Å². The summed E-state index contributed by atoms with van der Waals surface area (Å²) in [5, 5.41) is 14.1. The van der Waals surface area contributed by atoms with Crippen LogP contribution in [0.4, 0.5) is 5.69 Å². The van der Waals surface area contributed by atoms with Crippen molar-refractivity contribution in [1.29, 1.82) is 0 Å². The van der Waals surface area contributed by atoms with Crippen LogP contribution in [0.1, 0.15) is 19.9 Å². The first-order valence-corrected chi connectivity index (χ1v) is 4.41. The quantitative estimate of drug-likeness (QED) is 0.421. The summed E-state index contributed by atoms with van der Waals surface area (Å²) >= 11 is 0. The van der Waals surface area contributed by atoms with Gasteiger partial charge < -0.3 is 4.74 Å². The van der Waals surface area contributed by atoms with Crippen LogP contribution < -0.4 is 0 Å². The van der Waals surface area contributed by atoms with Crippen molar-refractivity contribution in [1.82, 2.24) is 9.78 Å². The maximum absolute atomic E-state index is 11.3. The molecule has 0 fully saturated rings. The number of nitro groups is 1. The first-order valence-electron chi connectivity index (χ1n) is 4.41. The van der Waals surface area contributed by atoms with Crippen molar-refractivity contribution in [3.05, 3.63) is 22.5 Å². The Morgan fingerprint density at radius 3 is 2.93 bits per heavy atom. The second kappa shape index (κ2) is 4.54. The predicted molar refractivity (Wildman–Crippen MR) is 50.2 cm³/mol. The molecule has 15 heavy (non-hydrogen) atoms. The highest BCUT2D eigenvalue weighted by Crippen LogP contribution is 2.13. The van der Waals surface area contributed by atoms with E-state index in [-0.39, 0.29) is 12.3 Å². The molecule has 0 saturated carbocycles. The molecule has 0 radical (unpaired) electrons. The van der Waals surface area contributed by atoms with E-state index in [4.69, 9.17) is 4.74 Å². The molecule has 1 rings (SSSR count). The standard InChI is InChI=1S/C8H11N3O4/c1-3-15-8(12)6(2)10-5-7(4-9-10)11(13)14/h4-6H,3H2,1-2H3/t6-/m1/s1. The molecule has 0 saturated heterocycles.